The third kappa shape index (κ3) is 8.77. The van der Waals surface area contributed by atoms with Crippen LogP contribution in [0.5, 0.6) is 5.75 Å². The number of hydrogen-bond donors (Lipinski definition) is 2. The molecule has 0 heterocycles. The monoisotopic (exact) mass is 407 g/mol. The molecule has 1 rings (SSSR count). The summed E-state index contributed by atoms with van der Waals surface area (Å²) in [7, 11) is 1.66. The molecule has 0 bridgehead atoms. The molecule has 0 aromatic heterocycles. The minimum atomic E-state index is 0. The highest BCUT2D eigenvalue weighted by Gasteiger charge is 2.02. The second-order valence-electron chi connectivity index (χ2n) is 4.70. The Balaban J connectivity index is 0.00000400. The maximum absolute atomic E-state index is 5.82. The Kier molecular flexibility index (Phi) is 11.1. The first-order valence-corrected chi connectivity index (χ1v) is 6.92. The Labute approximate surface area is 144 Å². The second-order valence-corrected chi connectivity index (χ2v) is 4.70. The number of nitrogens with zero attached hydrogens (tertiary/aromatic N) is 1. The average Bonchev–Trinajstić information content (AvgIpc) is 2.43. The standard InChI is InChI=1S/C15H25N3O2.HI/c1-4-8-20-14-7-5-6-13(9-14)10-17-15(16)18-12(2)11-19-3;/h5-7,9,12H,4,8,10-11H2,1-3H3,(H3,16,17,18);1H. The zero-order valence-electron chi connectivity index (χ0n) is 13.0. The summed E-state index contributed by atoms with van der Waals surface area (Å²) in [5, 5.41) is 3.07. The van der Waals surface area contributed by atoms with E-state index in [2.05, 4.69) is 17.2 Å². The molecule has 0 spiro atoms. The molecular weight excluding hydrogens is 381 g/mol. The summed E-state index contributed by atoms with van der Waals surface area (Å²) < 4.78 is 10.6. The van der Waals surface area contributed by atoms with E-state index in [1.807, 2.05) is 31.2 Å². The van der Waals surface area contributed by atoms with E-state index in [1.165, 1.54) is 0 Å². The van der Waals surface area contributed by atoms with Gasteiger partial charge >= 0.3 is 0 Å². The van der Waals surface area contributed by atoms with Crippen molar-refractivity contribution in [3.05, 3.63) is 29.8 Å². The molecule has 6 heteroatoms. The van der Waals surface area contributed by atoms with Crippen LogP contribution in [0.3, 0.4) is 0 Å². The fourth-order valence-electron chi connectivity index (χ4n) is 1.72. The van der Waals surface area contributed by atoms with Crippen molar-refractivity contribution in [1.82, 2.24) is 5.32 Å². The summed E-state index contributed by atoms with van der Waals surface area (Å²) >= 11 is 0. The number of hydrogen-bond acceptors (Lipinski definition) is 3. The van der Waals surface area contributed by atoms with Gasteiger partial charge in [0.1, 0.15) is 5.75 Å². The largest absolute Gasteiger partial charge is 0.494 e. The third-order valence-electron chi connectivity index (χ3n) is 2.61. The van der Waals surface area contributed by atoms with Crippen LogP contribution in [0.15, 0.2) is 29.3 Å². The van der Waals surface area contributed by atoms with Crippen LogP contribution in [-0.4, -0.2) is 32.3 Å². The number of guanidine groups is 1. The summed E-state index contributed by atoms with van der Waals surface area (Å²) in [6, 6.07) is 8.06. The van der Waals surface area contributed by atoms with Crippen LogP contribution in [0.25, 0.3) is 0 Å². The van der Waals surface area contributed by atoms with Gasteiger partial charge in [-0.1, -0.05) is 19.1 Å². The van der Waals surface area contributed by atoms with Crippen LogP contribution in [0.4, 0.5) is 0 Å². The van der Waals surface area contributed by atoms with Crippen molar-refractivity contribution in [2.45, 2.75) is 32.9 Å². The minimum absolute atomic E-state index is 0. The summed E-state index contributed by atoms with van der Waals surface area (Å²) in [4.78, 5) is 4.31. The molecule has 1 atom stereocenters. The van der Waals surface area contributed by atoms with Gasteiger partial charge in [-0.15, -0.1) is 24.0 Å². The normalized spacial score (nSPS) is 12.4. The lowest BCUT2D eigenvalue weighted by atomic mass is 10.2. The topological polar surface area (TPSA) is 68.9 Å². The van der Waals surface area contributed by atoms with E-state index in [0.29, 0.717) is 19.1 Å². The molecule has 0 aliphatic rings. The number of nitrogens with two attached hydrogens (primary N) is 1. The molecule has 1 aromatic rings. The minimum Gasteiger partial charge on any atom is -0.494 e. The van der Waals surface area contributed by atoms with Crippen LogP contribution in [0, 0.1) is 0 Å². The summed E-state index contributed by atoms with van der Waals surface area (Å²) in [6.45, 7) is 5.93. The molecule has 0 amide bonds. The molecule has 0 aliphatic carbocycles. The maximum atomic E-state index is 5.82. The van der Waals surface area contributed by atoms with Crippen LogP contribution < -0.4 is 15.8 Å². The van der Waals surface area contributed by atoms with Gasteiger partial charge in [0.2, 0.25) is 0 Å². The Hall–Kier alpha value is -1.02. The van der Waals surface area contributed by atoms with E-state index in [9.17, 15) is 0 Å². The molecule has 21 heavy (non-hydrogen) atoms. The third-order valence-corrected chi connectivity index (χ3v) is 2.61. The van der Waals surface area contributed by atoms with Crippen molar-refractivity contribution in [3.63, 3.8) is 0 Å². The van der Waals surface area contributed by atoms with E-state index in [1.54, 1.807) is 7.11 Å². The van der Waals surface area contributed by atoms with E-state index in [4.69, 9.17) is 15.2 Å². The Morgan fingerprint density at radius 3 is 2.86 bits per heavy atom. The van der Waals surface area contributed by atoms with Gasteiger partial charge in [0.25, 0.3) is 0 Å². The highest BCUT2D eigenvalue weighted by Crippen LogP contribution is 2.14. The van der Waals surface area contributed by atoms with Crippen LogP contribution in [0.1, 0.15) is 25.8 Å². The zero-order chi connectivity index (χ0) is 14.8. The first kappa shape index (κ1) is 20.0. The molecule has 120 valence electrons. The zero-order valence-corrected chi connectivity index (χ0v) is 15.3. The van der Waals surface area contributed by atoms with Gasteiger partial charge in [-0.2, -0.15) is 0 Å². The van der Waals surface area contributed by atoms with Gasteiger partial charge in [-0.3, -0.25) is 0 Å². The van der Waals surface area contributed by atoms with Crippen molar-refractivity contribution in [2.75, 3.05) is 20.3 Å². The fourth-order valence-corrected chi connectivity index (χ4v) is 1.72. The lowest BCUT2D eigenvalue weighted by Crippen LogP contribution is -2.40. The Morgan fingerprint density at radius 2 is 2.19 bits per heavy atom. The van der Waals surface area contributed by atoms with E-state index in [0.717, 1.165) is 24.3 Å². The summed E-state index contributed by atoms with van der Waals surface area (Å²) in [5.41, 5.74) is 6.90. The molecule has 3 N–H and O–H groups in total. The van der Waals surface area contributed by atoms with Crippen molar-refractivity contribution in [3.8, 4) is 5.75 Å². The fraction of sp³-hybridized carbons (Fsp3) is 0.533. The quantitative estimate of drug-likeness (QED) is 0.395. The predicted molar refractivity (Wildman–Crippen MR) is 97.4 cm³/mol. The molecule has 0 saturated carbocycles. The van der Waals surface area contributed by atoms with Crippen molar-refractivity contribution in [1.29, 1.82) is 0 Å². The lowest BCUT2D eigenvalue weighted by Gasteiger charge is -2.13. The molecule has 5 nitrogen and oxygen atoms in total. The van der Waals surface area contributed by atoms with Gasteiger partial charge in [-0.25, -0.2) is 4.99 Å². The molecule has 0 fully saturated rings. The number of rotatable bonds is 8. The second kappa shape index (κ2) is 11.6. The van der Waals surface area contributed by atoms with E-state index in [-0.39, 0.29) is 30.0 Å². The van der Waals surface area contributed by atoms with E-state index < -0.39 is 0 Å². The number of halogens is 1. The van der Waals surface area contributed by atoms with Gasteiger partial charge in [0.05, 0.1) is 19.8 Å². The van der Waals surface area contributed by atoms with Crippen LogP contribution >= 0.6 is 24.0 Å². The van der Waals surface area contributed by atoms with Crippen molar-refractivity contribution >= 4 is 29.9 Å². The maximum Gasteiger partial charge on any atom is 0.189 e. The number of ether oxygens (including phenoxy) is 2. The van der Waals surface area contributed by atoms with Crippen LogP contribution in [-0.2, 0) is 11.3 Å². The smallest absolute Gasteiger partial charge is 0.189 e. The molecular formula is C15H26IN3O2. The average molecular weight is 407 g/mol. The number of aliphatic imine (C=N–C) groups is 1. The SMILES string of the molecule is CCCOc1cccc(CN=C(N)NC(C)COC)c1.I. The number of benzene rings is 1. The first-order chi connectivity index (χ1) is 9.65. The molecule has 0 radical (unpaired) electrons. The first-order valence-electron chi connectivity index (χ1n) is 6.92. The lowest BCUT2D eigenvalue weighted by molar-refractivity contribution is 0.179. The van der Waals surface area contributed by atoms with Gasteiger partial charge < -0.3 is 20.5 Å². The number of methoxy groups -OCH3 is 1. The van der Waals surface area contributed by atoms with E-state index >= 15 is 0 Å². The molecule has 0 saturated heterocycles. The molecule has 1 unspecified atom stereocenters. The predicted octanol–water partition coefficient (Wildman–Crippen LogP) is 2.53. The summed E-state index contributed by atoms with van der Waals surface area (Å²) in [6.07, 6.45) is 0.997. The summed E-state index contributed by atoms with van der Waals surface area (Å²) in [5.74, 6) is 1.30. The Bertz CT molecular complexity index is 427. The van der Waals surface area contributed by atoms with Gasteiger partial charge in [0.15, 0.2) is 5.96 Å². The molecule has 1 aromatic carbocycles. The van der Waals surface area contributed by atoms with Gasteiger partial charge in [-0.05, 0) is 31.0 Å². The molecule has 0 aliphatic heterocycles. The van der Waals surface area contributed by atoms with Crippen LogP contribution in [0.2, 0.25) is 0 Å². The highest BCUT2D eigenvalue weighted by atomic mass is 127. The van der Waals surface area contributed by atoms with Crippen molar-refractivity contribution < 1.29 is 9.47 Å². The Morgan fingerprint density at radius 1 is 1.43 bits per heavy atom. The number of nitrogens with one attached hydrogen (secondary N) is 1. The highest BCUT2D eigenvalue weighted by molar-refractivity contribution is 14.0. The van der Waals surface area contributed by atoms with Crippen molar-refractivity contribution in [2.24, 2.45) is 10.7 Å². The van der Waals surface area contributed by atoms with Gasteiger partial charge in [0, 0.05) is 13.2 Å².